The summed E-state index contributed by atoms with van der Waals surface area (Å²) in [6.45, 7) is 8.94. The van der Waals surface area contributed by atoms with Crippen LogP contribution in [0.15, 0.2) is 30.3 Å². The van der Waals surface area contributed by atoms with Crippen molar-refractivity contribution in [2.45, 2.75) is 40.0 Å². The van der Waals surface area contributed by atoms with E-state index in [1.807, 2.05) is 0 Å². The van der Waals surface area contributed by atoms with Crippen molar-refractivity contribution < 1.29 is 0 Å². The molecule has 2 rings (SSSR count). The largest absolute Gasteiger partial charge is 0.0613 e. The Labute approximate surface area is 98.7 Å². The Bertz CT molecular complexity index is 466. The number of aryl methyl sites for hydroxylation is 2. The highest BCUT2D eigenvalue weighted by molar-refractivity contribution is 5.74. The summed E-state index contributed by atoms with van der Waals surface area (Å²) in [7, 11) is 0. The molecule has 0 unspecified atom stereocenters. The number of hydrogen-bond acceptors (Lipinski definition) is 0. The lowest BCUT2D eigenvalue weighted by Crippen LogP contribution is -1.83. The van der Waals surface area contributed by atoms with Crippen LogP contribution < -0.4 is 0 Å². The number of rotatable bonds is 2. The minimum Gasteiger partial charge on any atom is -0.0613 e. The van der Waals surface area contributed by atoms with Crippen molar-refractivity contribution in [2.75, 3.05) is 0 Å². The van der Waals surface area contributed by atoms with E-state index >= 15 is 0 Å². The van der Waals surface area contributed by atoms with E-state index in [0.29, 0.717) is 5.92 Å². The first kappa shape index (κ1) is 11.2. The van der Waals surface area contributed by atoms with Crippen molar-refractivity contribution in [1.82, 2.24) is 0 Å². The Hall–Kier alpha value is -1.30. The maximum absolute atomic E-state index is 2.36. The molecule has 0 radical (unpaired) electrons. The first-order valence-corrected chi connectivity index (χ1v) is 6.15. The van der Waals surface area contributed by atoms with E-state index < -0.39 is 0 Å². The SMILES string of the molecule is CCc1ccc(C(C)C)cc2c(C)ccc1-2. The highest BCUT2D eigenvalue weighted by Gasteiger charge is 2.10. The van der Waals surface area contributed by atoms with E-state index in [-0.39, 0.29) is 0 Å². The minimum atomic E-state index is 0.592. The first-order valence-electron chi connectivity index (χ1n) is 6.15. The van der Waals surface area contributed by atoms with Gasteiger partial charge in [-0.15, -0.1) is 0 Å². The van der Waals surface area contributed by atoms with Gasteiger partial charge in [0.15, 0.2) is 0 Å². The molecule has 0 bridgehead atoms. The van der Waals surface area contributed by atoms with Crippen LogP contribution in [0.3, 0.4) is 0 Å². The van der Waals surface area contributed by atoms with Gasteiger partial charge in [-0.25, -0.2) is 0 Å². The molecule has 16 heavy (non-hydrogen) atoms. The topological polar surface area (TPSA) is 0 Å². The van der Waals surface area contributed by atoms with E-state index in [1.54, 1.807) is 0 Å². The van der Waals surface area contributed by atoms with Gasteiger partial charge in [-0.05, 0) is 47.1 Å². The van der Waals surface area contributed by atoms with Crippen LogP contribution >= 0.6 is 0 Å². The van der Waals surface area contributed by atoms with E-state index in [9.17, 15) is 0 Å². The van der Waals surface area contributed by atoms with Crippen molar-refractivity contribution in [3.8, 4) is 11.1 Å². The third-order valence-electron chi connectivity index (χ3n) is 3.40. The Morgan fingerprint density at radius 1 is 1.00 bits per heavy atom. The molecule has 0 aliphatic heterocycles. The predicted molar refractivity (Wildman–Crippen MR) is 71.3 cm³/mol. The second-order valence-electron chi connectivity index (χ2n) is 4.85. The lowest BCUT2D eigenvalue weighted by molar-refractivity contribution is 0.868. The summed E-state index contributed by atoms with van der Waals surface area (Å²) in [6.07, 6.45) is 1.10. The highest BCUT2D eigenvalue weighted by atomic mass is 14.1. The van der Waals surface area contributed by atoms with Gasteiger partial charge in [-0.1, -0.05) is 51.1 Å². The zero-order valence-corrected chi connectivity index (χ0v) is 10.7. The van der Waals surface area contributed by atoms with Gasteiger partial charge in [0, 0.05) is 0 Å². The maximum Gasteiger partial charge on any atom is -0.0149 e. The van der Waals surface area contributed by atoms with Crippen molar-refractivity contribution in [2.24, 2.45) is 0 Å². The lowest BCUT2D eigenvalue weighted by Gasteiger charge is -2.03. The monoisotopic (exact) mass is 212 g/mol. The van der Waals surface area contributed by atoms with Gasteiger partial charge in [0.05, 0.1) is 0 Å². The van der Waals surface area contributed by atoms with Gasteiger partial charge < -0.3 is 0 Å². The molecular weight excluding hydrogens is 192 g/mol. The summed E-state index contributed by atoms with van der Waals surface area (Å²) in [5, 5.41) is 0. The van der Waals surface area contributed by atoms with Crippen molar-refractivity contribution in [3.63, 3.8) is 0 Å². The van der Waals surface area contributed by atoms with Crippen molar-refractivity contribution in [3.05, 3.63) is 47.0 Å². The summed E-state index contributed by atoms with van der Waals surface area (Å²) in [5.41, 5.74) is 7.12. The molecule has 0 atom stereocenters. The second kappa shape index (κ2) is 4.29. The van der Waals surface area contributed by atoms with Gasteiger partial charge in [-0.2, -0.15) is 0 Å². The lowest BCUT2D eigenvalue weighted by atomic mass is 10.0. The van der Waals surface area contributed by atoms with Gasteiger partial charge in [-0.3, -0.25) is 0 Å². The van der Waals surface area contributed by atoms with Crippen LogP contribution in [0.4, 0.5) is 0 Å². The zero-order valence-electron chi connectivity index (χ0n) is 10.7. The molecule has 0 nitrogen and oxygen atoms in total. The Morgan fingerprint density at radius 3 is 2.38 bits per heavy atom. The van der Waals surface area contributed by atoms with E-state index in [4.69, 9.17) is 0 Å². The summed E-state index contributed by atoms with van der Waals surface area (Å²) in [4.78, 5) is 0. The fraction of sp³-hybridized carbons (Fsp3) is 0.375. The van der Waals surface area contributed by atoms with Crippen LogP contribution in [-0.4, -0.2) is 0 Å². The molecular formula is C16H20. The number of fused-ring (bicyclic) bond motifs is 1. The second-order valence-corrected chi connectivity index (χ2v) is 4.85. The molecule has 0 aromatic carbocycles. The molecule has 0 aromatic rings. The minimum absolute atomic E-state index is 0.592. The van der Waals surface area contributed by atoms with Gasteiger partial charge in [0.2, 0.25) is 0 Å². The average Bonchev–Trinajstić information content (AvgIpc) is 2.51. The molecule has 2 aliphatic carbocycles. The normalized spacial score (nSPS) is 11.3. The summed E-state index contributed by atoms with van der Waals surface area (Å²) in [6, 6.07) is 11.4. The summed E-state index contributed by atoms with van der Waals surface area (Å²) >= 11 is 0. The van der Waals surface area contributed by atoms with Crippen LogP contribution in [0, 0.1) is 6.92 Å². The molecule has 0 saturated carbocycles. The molecule has 84 valence electrons. The fourth-order valence-electron chi connectivity index (χ4n) is 2.24. The van der Waals surface area contributed by atoms with Crippen LogP contribution in [-0.2, 0) is 6.42 Å². The molecule has 0 fully saturated rings. The summed E-state index contributed by atoms with van der Waals surface area (Å²) in [5.74, 6) is 0.592. The molecule has 0 aromatic heterocycles. The smallest absolute Gasteiger partial charge is 0.0149 e. The van der Waals surface area contributed by atoms with Crippen molar-refractivity contribution >= 4 is 0 Å². The molecule has 0 amide bonds. The van der Waals surface area contributed by atoms with Gasteiger partial charge in [0.1, 0.15) is 0 Å². The Balaban J connectivity index is 2.69. The van der Waals surface area contributed by atoms with Crippen LogP contribution in [0.1, 0.15) is 43.4 Å². The number of hydrogen-bond donors (Lipinski definition) is 0. The predicted octanol–water partition coefficient (Wildman–Crippen LogP) is 4.79. The quantitative estimate of drug-likeness (QED) is 0.671. The standard InChI is InChI=1S/C16H20/c1-5-13-7-8-14(11(2)3)10-16-12(4)6-9-15(13)16/h6-11H,5H2,1-4H3. The maximum atomic E-state index is 2.36. The third-order valence-corrected chi connectivity index (χ3v) is 3.40. The van der Waals surface area contributed by atoms with E-state index in [1.165, 1.54) is 27.8 Å². The van der Waals surface area contributed by atoms with Crippen LogP contribution in [0.5, 0.6) is 0 Å². The van der Waals surface area contributed by atoms with Crippen LogP contribution in [0.2, 0.25) is 0 Å². The van der Waals surface area contributed by atoms with E-state index in [2.05, 4.69) is 58.0 Å². The third kappa shape index (κ3) is 1.84. The molecule has 0 heteroatoms. The summed E-state index contributed by atoms with van der Waals surface area (Å²) < 4.78 is 0. The highest BCUT2D eigenvalue weighted by Crippen LogP contribution is 2.32. The molecule has 0 N–H and O–H groups in total. The van der Waals surface area contributed by atoms with Crippen LogP contribution in [0.25, 0.3) is 11.1 Å². The first-order chi connectivity index (χ1) is 7.63. The van der Waals surface area contributed by atoms with E-state index in [0.717, 1.165) is 6.42 Å². The molecule has 0 spiro atoms. The molecule has 0 heterocycles. The fourth-order valence-corrected chi connectivity index (χ4v) is 2.24. The molecule has 2 aliphatic rings. The van der Waals surface area contributed by atoms with Gasteiger partial charge >= 0.3 is 0 Å². The van der Waals surface area contributed by atoms with Gasteiger partial charge in [0.25, 0.3) is 0 Å². The Kier molecular flexibility index (Phi) is 3.00. The molecule has 0 saturated heterocycles. The van der Waals surface area contributed by atoms with Crippen molar-refractivity contribution in [1.29, 1.82) is 0 Å². The Morgan fingerprint density at radius 2 is 1.75 bits per heavy atom. The average molecular weight is 212 g/mol. The zero-order chi connectivity index (χ0) is 11.7.